The molecule has 4 rings (SSSR count). The average Bonchev–Trinajstić information content (AvgIpc) is 2.92. The second kappa shape index (κ2) is 6.45. The quantitative estimate of drug-likeness (QED) is 0.805. The molecular weight excluding hydrogens is 330 g/mol. The molecule has 2 fully saturated rings. The first-order chi connectivity index (χ1) is 12.5. The molecule has 2 N–H and O–H groups in total. The highest BCUT2D eigenvalue weighted by Gasteiger charge is 2.55. The van der Waals surface area contributed by atoms with Crippen LogP contribution in [0.15, 0.2) is 17.3 Å². The Morgan fingerprint density at radius 3 is 2.81 bits per heavy atom. The van der Waals surface area contributed by atoms with Gasteiger partial charge in [0.2, 0.25) is 0 Å². The maximum absolute atomic E-state index is 10.6. The number of phenolic OH excluding ortho intramolecular Hbond substituents is 1. The van der Waals surface area contributed by atoms with Gasteiger partial charge in [-0.25, -0.2) is 0 Å². The number of aromatic hydroxyl groups is 1. The summed E-state index contributed by atoms with van der Waals surface area (Å²) in [4.78, 5) is 5.12. The van der Waals surface area contributed by atoms with Gasteiger partial charge in [-0.15, -0.1) is 0 Å². The van der Waals surface area contributed by atoms with Crippen LogP contribution in [0.4, 0.5) is 0 Å². The van der Waals surface area contributed by atoms with E-state index in [0.717, 1.165) is 43.4 Å². The number of benzene rings is 1. The zero-order chi connectivity index (χ0) is 18.5. The number of hydrogen-bond donors (Lipinski definition) is 2. The Bertz CT molecular complexity index is 731. The molecule has 3 aliphatic carbocycles. The fraction of sp³-hybridized carbons (Fsp3) is 0.667. The number of rotatable bonds is 3. The van der Waals surface area contributed by atoms with Crippen molar-refractivity contribution in [3.63, 3.8) is 0 Å². The summed E-state index contributed by atoms with van der Waals surface area (Å²) in [6.45, 7) is 4.70. The third-order valence-corrected chi connectivity index (χ3v) is 7.16. The zero-order valence-electron chi connectivity index (χ0n) is 15.9. The Morgan fingerprint density at radius 2 is 2.08 bits per heavy atom. The highest BCUT2D eigenvalue weighted by Crippen LogP contribution is 2.61. The Kier molecular flexibility index (Phi) is 4.38. The summed E-state index contributed by atoms with van der Waals surface area (Å²) in [6, 6.07) is 3.79. The Labute approximate surface area is 155 Å². The van der Waals surface area contributed by atoms with Crippen molar-refractivity contribution in [3.8, 4) is 11.5 Å². The first kappa shape index (κ1) is 17.7. The van der Waals surface area contributed by atoms with Crippen molar-refractivity contribution in [1.29, 1.82) is 0 Å². The van der Waals surface area contributed by atoms with Gasteiger partial charge in [-0.05, 0) is 79.9 Å². The van der Waals surface area contributed by atoms with E-state index in [1.807, 2.05) is 13.0 Å². The van der Waals surface area contributed by atoms with Gasteiger partial charge in [-0.1, -0.05) is 12.1 Å². The van der Waals surface area contributed by atoms with Crippen molar-refractivity contribution >= 4 is 5.71 Å². The van der Waals surface area contributed by atoms with Gasteiger partial charge in [0.25, 0.3) is 0 Å². The number of nitrogens with zero attached hydrogens (tertiary/aromatic N) is 1. The molecule has 0 aliphatic heterocycles. The first-order valence-electron chi connectivity index (χ1n) is 9.77. The minimum atomic E-state index is -0.198. The van der Waals surface area contributed by atoms with Gasteiger partial charge in [-0.3, -0.25) is 0 Å². The predicted octanol–water partition coefficient (Wildman–Crippen LogP) is 3.82. The fourth-order valence-electron chi connectivity index (χ4n) is 5.87. The number of aliphatic hydroxyl groups excluding tert-OH is 1. The van der Waals surface area contributed by atoms with Gasteiger partial charge >= 0.3 is 0 Å². The van der Waals surface area contributed by atoms with Crippen molar-refractivity contribution in [2.24, 2.45) is 22.4 Å². The molecule has 0 amide bonds. The standard InChI is InChI=1S/C21H29NO4/c1-4-26-19-11-13-12-7-8-21(2)16(5-6-20(21)24)14(12)9-17(22-25-3)15(13)10-18(19)23/h10-12,14,16,20,23-24H,4-9H2,1-3H3/b22-17-/t12-,14+,16-,20+,21-/m1/s1. The van der Waals surface area contributed by atoms with Crippen LogP contribution < -0.4 is 4.74 Å². The van der Waals surface area contributed by atoms with Crippen LogP contribution in [-0.4, -0.2) is 35.7 Å². The highest BCUT2D eigenvalue weighted by molar-refractivity contribution is 6.03. The molecule has 0 heterocycles. The molecule has 1 aromatic rings. The lowest BCUT2D eigenvalue weighted by molar-refractivity contribution is -0.0179. The van der Waals surface area contributed by atoms with Crippen LogP contribution in [0.25, 0.3) is 0 Å². The Morgan fingerprint density at radius 1 is 1.27 bits per heavy atom. The van der Waals surface area contributed by atoms with Gasteiger partial charge < -0.3 is 19.8 Å². The number of hydrogen-bond acceptors (Lipinski definition) is 5. The Balaban J connectivity index is 1.80. The van der Waals surface area contributed by atoms with Crippen molar-refractivity contribution in [2.45, 2.75) is 58.0 Å². The summed E-state index contributed by atoms with van der Waals surface area (Å²) in [5, 5.41) is 25.2. The van der Waals surface area contributed by atoms with Gasteiger partial charge in [0.15, 0.2) is 11.5 Å². The third-order valence-electron chi connectivity index (χ3n) is 7.16. The van der Waals surface area contributed by atoms with E-state index in [-0.39, 0.29) is 17.3 Å². The maximum Gasteiger partial charge on any atom is 0.161 e. The van der Waals surface area contributed by atoms with Crippen LogP contribution in [0.1, 0.15) is 63.0 Å². The molecule has 1 aromatic carbocycles. The Hall–Kier alpha value is -1.75. The lowest BCUT2D eigenvalue weighted by Crippen LogP contribution is -2.45. The lowest BCUT2D eigenvalue weighted by atomic mass is 9.55. The smallest absolute Gasteiger partial charge is 0.161 e. The molecule has 26 heavy (non-hydrogen) atoms. The zero-order valence-corrected chi connectivity index (χ0v) is 15.9. The maximum atomic E-state index is 10.6. The van der Waals surface area contributed by atoms with Crippen LogP contribution in [0.2, 0.25) is 0 Å². The van der Waals surface area contributed by atoms with Crippen LogP contribution >= 0.6 is 0 Å². The van der Waals surface area contributed by atoms with Gasteiger partial charge in [0, 0.05) is 5.56 Å². The molecular formula is C21H29NO4. The van der Waals surface area contributed by atoms with Crippen molar-refractivity contribution in [2.75, 3.05) is 13.7 Å². The van der Waals surface area contributed by atoms with E-state index in [4.69, 9.17) is 9.57 Å². The summed E-state index contributed by atoms with van der Waals surface area (Å²) < 4.78 is 5.64. The van der Waals surface area contributed by atoms with E-state index >= 15 is 0 Å². The number of phenols is 1. The van der Waals surface area contributed by atoms with Crippen LogP contribution in [0.5, 0.6) is 11.5 Å². The normalized spacial score (nSPS) is 37.0. The summed E-state index contributed by atoms with van der Waals surface area (Å²) in [5.41, 5.74) is 3.10. The van der Waals surface area contributed by atoms with E-state index in [9.17, 15) is 10.2 Å². The number of oxime groups is 1. The van der Waals surface area contributed by atoms with E-state index in [2.05, 4.69) is 12.1 Å². The van der Waals surface area contributed by atoms with Gasteiger partial charge in [0.1, 0.15) is 7.11 Å². The van der Waals surface area contributed by atoms with E-state index < -0.39 is 0 Å². The number of fused-ring (bicyclic) bond motifs is 5. The SMILES string of the molecule is CCOc1cc2c(cc1O)/C(=N\OC)C[C@H]1[C@@H]2CC[C@]2(C)[C@@H]1CC[C@@H]2O. The van der Waals surface area contributed by atoms with Crippen molar-refractivity contribution < 1.29 is 19.8 Å². The molecule has 0 bridgehead atoms. The second-order valence-electron chi connectivity index (χ2n) is 8.28. The lowest BCUT2D eigenvalue weighted by Gasteiger charge is -2.50. The monoisotopic (exact) mass is 359 g/mol. The van der Waals surface area contributed by atoms with E-state index in [0.29, 0.717) is 30.1 Å². The molecule has 0 radical (unpaired) electrons. The number of aliphatic hydroxyl groups is 1. The van der Waals surface area contributed by atoms with E-state index in [1.165, 1.54) is 5.56 Å². The average molecular weight is 359 g/mol. The molecule has 0 unspecified atom stereocenters. The summed E-state index contributed by atoms with van der Waals surface area (Å²) in [7, 11) is 1.57. The minimum absolute atomic E-state index is 0.0104. The minimum Gasteiger partial charge on any atom is -0.504 e. The van der Waals surface area contributed by atoms with Gasteiger partial charge in [-0.2, -0.15) is 0 Å². The third kappa shape index (κ3) is 2.51. The molecule has 5 atom stereocenters. The highest BCUT2D eigenvalue weighted by atomic mass is 16.6. The largest absolute Gasteiger partial charge is 0.504 e. The second-order valence-corrected chi connectivity index (χ2v) is 8.28. The van der Waals surface area contributed by atoms with Crippen LogP contribution in [0, 0.1) is 17.3 Å². The van der Waals surface area contributed by atoms with Crippen LogP contribution in [-0.2, 0) is 4.84 Å². The molecule has 0 spiro atoms. The molecule has 5 heteroatoms. The summed E-state index contributed by atoms with van der Waals surface area (Å²) in [6.07, 6.45) is 4.71. The summed E-state index contributed by atoms with van der Waals surface area (Å²) in [5.74, 6) is 2.07. The molecule has 3 aliphatic rings. The van der Waals surface area contributed by atoms with Crippen molar-refractivity contribution in [3.05, 3.63) is 23.3 Å². The molecule has 5 nitrogen and oxygen atoms in total. The topological polar surface area (TPSA) is 71.3 Å². The van der Waals surface area contributed by atoms with Crippen LogP contribution in [0.3, 0.4) is 0 Å². The number of ether oxygens (including phenoxy) is 1. The van der Waals surface area contributed by atoms with Crippen molar-refractivity contribution in [1.82, 2.24) is 0 Å². The molecule has 0 aromatic heterocycles. The molecule has 0 saturated heterocycles. The molecule has 142 valence electrons. The summed E-state index contributed by atoms with van der Waals surface area (Å²) >= 11 is 0. The fourth-order valence-corrected chi connectivity index (χ4v) is 5.87. The van der Waals surface area contributed by atoms with Gasteiger partial charge in [0.05, 0.1) is 18.4 Å². The van der Waals surface area contributed by atoms with E-state index in [1.54, 1.807) is 13.2 Å². The predicted molar refractivity (Wildman–Crippen MR) is 99.7 cm³/mol. The molecule has 2 saturated carbocycles. The first-order valence-corrected chi connectivity index (χ1v) is 9.77.